The third kappa shape index (κ3) is 5.08. The van der Waals surface area contributed by atoms with Gasteiger partial charge >= 0.3 is 12.1 Å². The molecule has 0 aliphatic heterocycles. The number of hydrogen-bond donors (Lipinski definition) is 2. The molecule has 0 radical (unpaired) electrons. The zero-order valence-electron chi connectivity index (χ0n) is 18.2. The molecule has 1 unspecified atom stereocenters. The minimum atomic E-state index is -4.70. The van der Waals surface area contributed by atoms with Gasteiger partial charge in [-0.2, -0.15) is 18.3 Å². The summed E-state index contributed by atoms with van der Waals surface area (Å²) in [5, 5.41) is 6.25. The third-order valence-electron chi connectivity index (χ3n) is 5.02. The van der Waals surface area contributed by atoms with Gasteiger partial charge in [0.25, 0.3) is 5.91 Å². The van der Waals surface area contributed by atoms with Crippen LogP contribution in [0.25, 0.3) is 0 Å². The molecule has 1 aliphatic carbocycles. The van der Waals surface area contributed by atoms with Crippen molar-refractivity contribution in [3.8, 4) is 0 Å². The van der Waals surface area contributed by atoms with Crippen LogP contribution in [0.5, 0.6) is 0 Å². The molecule has 33 heavy (non-hydrogen) atoms. The van der Waals surface area contributed by atoms with Gasteiger partial charge in [0.1, 0.15) is 11.0 Å². The minimum absolute atomic E-state index is 0.0249. The van der Waals surface area contributed by atoms with E-state index in [1.165, 1.54) is 13.8 Å². The topological polar surface area (TPSA) is 116 Å². The quantitative estimate of drug-likeness (QED) is 0.481. The first-order valence-electron chi connectivity index (χ1n) is 10.0. The van der Waals surface area contributed by atoms with Gasteiger partial charge in [-0.15, -0.1) is 11.3 Å². The number of nitrogens with two attached hydrogens (primary N) is 1. The van der Waals surface area contributed by atoms with Crippen LogP contribution in [-0.4, -0.2) is 33.7 Å². The molecule has 3 N–H and O–H groups in total. The van der Waals surface area contributed by atoms with Gasteiger partial charge < -0.3 is 15.8 Å². The molecule has 2 aromatic heterocycles. The second kappa shape index (κ2) is 9.09. The molecule has 1 saturated carbocycles. The van der Waals surface area contributed by atoms with Crippen molar-refractivity contribution in [2.45, 2.75) is 64.8 Å². The molecule has 13 heteroatoms. The van der Waals surface area contributed by atoms with E-state index in [0.717, 1.165) is 16.0 Å². The number of alkyl halides is 3. The van der Waals surface area contributed by atoms with Gasteiger partial charge in [0.2, 0.25) is 5.91 Å². The number of amides is 2. The highest BCUT2D eigenvalue weighted by molar-refractivity contribution is 9.10. The Balaban J connectivity index is 1.97. The maximum Gasteiger partial charge on any atom is 0.436 e. The Kier molecular flexibility index (Phi) is 6.94. The van der Waals surface area contributed by atoms with Crippen LogP contribution in [0, 0.1) is 6.92 Å². The molecule has 3 rings (SSSR count). The summed E-state index contributed by atoms with van der Waals surface area (Å²) < 4.78 is 46.3. The molecule has 2 aromatic rings. The minimum Gasteiger partial charge on any atom is -0.459 e. The van der Waals surface area contributed by atoms with Crippen molar-refractivity contribution in [3.05, 3.63) is 31.9 Å². The Labute approximate surface area is 199 Å². The van der Waals surface area contributed by atoms with E-state index in [-0.39, 0.29) is 31.4 Å². The van der Waals surface area contributed by atoms with Gasteiger partial charge in [-0.25, -0.2) is 4.79 Å². The van der Waals surface area contributed by atoms with Gasteiger partial charge in [0.15, 0.2) is 5.69 Å². The average Bonchev–Trinajstić information content (AvgIpc) is 3.37. The SMILES string of the molecule is Cc1c(C(N)=O)sc(NC(=O)C(C)n2nc(C(F)(F)F)c(Br)c2C2CC2)c1C(=O)OC(C)C. The summed E-state index contributed by atoms with van der Waals surface area (Å²) in [6.07, 6.45) is -3.78. The van der Waals surface area contributed by atoms with E-state index in [1.54, 1.807) is 13.8 Å². The number of nitrogens with one attached hydrogen (secondary N) is 1. The lowest BCUT2D eigenvalue weighted by Gasteiger charge is -2.16. The predicted octanol–water partition coefficient (Wildman–Crippen LogP) is 4.78. The number of esters is 1. The molecular weight excluding hydrogens is 529 g/mol. The standard InChI is InChI=1S/C20H22BrF3N4O4S/c1-7(2)32-19(31)11-8(3)14(16(25)29)33-18(11)26-17(30)9(4)28-13(10-5-6-10)12(21)15(27-28)20(22,23)24/h7,9-10H,5-6H2,1-4H3,(H2,25,29)(H,26,30). The summed E-state index contributed by atoms with van der Waals surface area (Å²) >= 11 is 3.80. The zero-order chi connectivity index (χ0) is 24.8. The van der Waals surface area contributed by atoms with Crippen molar-refractivity contribution in [3.63, 3.8) is 0 Å². The number of nitrogens with zero attached hydrogens (tertiary/aromatic N) is 2. The zero-order valence-corrected chi connectivity index (χ0v) is 20.6. The molecule has 8 nitrogen and oxygen atoms in total. The fourth-order valence-corrected chi connectivity index (χ4v) is 5.17. The monoisotopic (exact) mass is 550 g/mol. The first-order chi connectivity index (χ1) is 15.2. The number of ether oxygens (including phenoxy) is 1. The van der Waals surface area contributed by atoms with Crippen LogP contribution in [0.4, 0.5) is 18.2 Å². The van der Waals surface area contributed by atoms with Crippen LogP contribution in [-0.2, 0) is 15.7 Å². The highest BCUT2D eigenvalue weighted by atomic mass is 79.9. The van der Waals surface area contributed by atoms with Gasteiger partial charge in [-0.1, -0.05) is 0 Å². The lowest BCUT2D eigenvalue weighted by Crippen LogP contribution is -2.26. The van der Waals surface area contributed by atoms with Crippen LogP contribution in [0.15, 0.2) is 4.47 Å². The van der Waals surface area contributed by atoms with Crippen LogP contribution in [0.3, 0.4) is 0 Å². The summed E-state index contributed by atoms with van der Waals surface area (Å²) in [6.45, 7) is 6.19. The number of hydrogen-bond acceptors (Lipinski definition) is 6. The van der Waals surface area contributed by atoms with Crippen molar-refractivity contribution in [1.82, 2.24) is 9.78 Å². The molecule has 0 bridgehead atoms. The first kappa shape index (κ1) is 25.2. The summed E-state index contributed by atoms with van der Waals surface area (Å²) in [5.41, 5.74) is 4.80. The third-order valence-corrected chi connectivity index (χ3v) is 7.02. The second-order valence-electron chi connectivity index (χ2n) is 8.01. The average molecular weight is 551 g/mol. The Morgan fingerprint density at radius 3 is 2.36 bits per heavy atom. The lowest BCUT2D eigenvalue weighted by atomic mass is 10.1. The normalized spacial score (nSPS) is 14.9. The Morgan fingerprint density at radius 2 is 1.88 bits per heavy atom. The number of anilines is 1. The highest BCUT2D eigenvalue weighted by Crippen LogP contribution is 2.48. The van der Waals surface area contributed by atoms with Gasteiger partial charge in [-0.3, -0.25) is 14.3 Å². The van der Waals surface area contributed by atoms with E-state index >= 15 is 0 Å². The molecular formula is C20H22BrF3N4O4S. The Bertz CT molecular complexity index is 1120. The summed E-state index contributed by atoms with van der Waals surface area (Å²) in [7, 11) is 0. The summed E-state index contributed by atoms with van der Waals surface area (Å²) in [4.78, 5) is 37.5. The van der Waals surface area contributed by atoms with Gasteiger partial charge in [0.05, 0.1) is 26.7 Å². The second-order valence-corrected chi connectivity index (χ2v) is 9.82. The molecule has 1 aliphatic rings. The fourth-order valence-electron chi connectivity index (χ4n) is 3.31. The van der Waals surface area contributed by atoms with Gasteiger partial charge in [0, 0.05) is 5.92 Å². The fraction of sp³-hybridized carbons (Fsp3) is 0.500. The van der Waals surface area contributed by atoms with E-state index in [9.17, 15) is 27.6 Å². The molecule has 2 heterocycles. The summed E-state index contributed by atoms with van der Waals surface area (Å²) in [6, 6.07) is -1.14. The molecule has 0 saturated heterocycles. The molecule has 1 atom stereocenters. The van der Waals surface area contributed by atoms with E-state index in [1.807, 2.05) is 0 Å². The number of rotatable bonds is 7. The molecule has 180 valence electrons. The summed E-state index contributed by atoms with van der Waals surface area (Å²) in [5.74, 6) is -2.39. The number of thiophene rings is 1. The predicted molar refractivity (Wildman–Crippen MR) is 118 cm³/mol. The number of halogens is 4. The number of carbonyl (C=O) groups excluding carboxylic acids is 3. The maximum atomic E-state index is 13.4. The van der Waals surface area contributed by atoms with E-state index < -0.39 is 41.8 Å². The van der Waals surface area contributed by atoms with Crippen molar-refractivity contribution < 1.29 is 32.3 Å². The van der Waals surface area contributed by atoms with Crippen molar-refractivity contribution in [2.24, 2.45) is 5.73 Å². The molecule has 1 fully saturated rings. The van der Waals surface area contributed by atoms with Crippen LogP contribution in [0.2, 0.25) is 0 Å². The largest absolute Gasteiger partial charge is 0.459 e. The maximum absolute atomic E-state index is 13.4. The lowest BCUT2D eigenvalue weighted by molar-refractivity contribution is -0.142. The number of aromatic nitrogens is 2. The van der Waals surface area contributed by atoms with E-state index in [0.29, 0.717) is 18.5 Å². The Hall–Kier alpha value is -2.41. The van der Waals surface area contributed by atoms with Crippen molar-refractivity contribution in [1.29, 1.82) is 0 Å². The van der Waals surface area contributed by atoms with Crippen molar-refractivity contribution in [2.75, 3.05) is 5.32 Å². The van der Waals surface area contributed by atoms with Crippen molar-refractivity contribution >= 4 is 50.1 Å². The first-order valence-corrected chi connectivity index (χ1v) is 11.6. The molecule has 0 aromatic carbocycles. The van der Waals surface area contributed by atoms with Crippen LogP contribution in [0.1, 0.15) is 82.6 Å². The van der Waals surface area contributed by atoms with Crippen LogP contribution >= 0.6 is 27.3 Å². The smallest absolute Gasteiger partial charge is 0.436 e. The van der Waals surface area contributed by atoms with Gasteiger partial charge in [-0.05, 0) is 62.0 Å². The van der Waals surface area contributed by atoms with E-state index in [4.69, 9.17) is 10.5 Å². The van der Waals surface area contributed by atoms with Crippen LogP contribution < -0.4 is 11.1 Å². The Morgan fingerprint density at radius 1 is 1.27 bits per heavy atom. The number of primary amides is 1. The van der Waals surface area contributed by atoms with E-state index in [2.05, 4.69) is 26.3 Å². The molecule has 0 spiro atoms. The highest BCUT2D eigenvalue weighted by Gasteiger charge is 2.43. The number of carbonyl (C=O) groups is 3. The molecule has 2 amide bonds.